The molecule has 1 aliphatic carbocycles. The lowest BCUT2D eigenvalue weighted by atomic mass is 9.87. The maximum atomic E-state index is 13.1. The van der Waals surface area contributed by atoms with Gasteiger partial charge in [-0.05, 0) is 18.4 Å². The number of ether oxygens (including phenoxy) is 1. The van der Waals surface area contributed by atoms with Crippen molar-refractivity contribution in [1.29, 1.82) is 0 Å². The Morgan fingerprint density at radius 2 is 2.05 bits per heavy atom. The van der Waals surface area contributed by atoms with Crippen LogP contribution in [0.4, 0.5) is 10.1 Å². The van der Waals surface area contributed by atoms with E-state index < -0.39 is 10.7 Å². The van der Waals surface area contributed by atoms with Crippen LogP contribution in [0.5, 0.6) is 5.75 Å². The summed E-state index contributed by atoms with van der Waals surface area (Å²) in [6, 6.07) is 3.30. The average molecular weight is 267 g/mol. The van der Waals surface area contributed by atoms with Crippen LogP contribution in [0.3, 0.4) is 0 Å². The average Bonchev–Trinajstić information content (AvgIpc) is 2.39. The minimum absolute atomic E-state index is 0.0285. The second-order valence-electron chi connectivity index (χ2n) is 5.01. The minimum Gasteiger partial charge on any atom is -0.487 e. The van der Waals surface area contributed by atoms with Crippen LogP contribution in [0.2, 0.25) is 0 Å². The largest absolute Gasteiger partial charge is 0.487 e. The molecule has 5 heteroatoms. The zero-order chi connectivity index (χ0) is 13.7. The zero-order valence-electron chi connectivity index (χ0n) is 10.8. The summed E-state index contributed by atoms with van der Waals surface area (Å²) >= 11 is 0. The summed E-state index contributed by atoms with van der Waals surface area (Å²) in [5.74, 6) is 0.153. The Kier molecular flexibility index (Phi) is 4.71. The number of hydrogen-bond donors (Lipinski definition) is 0. The van der Waals surface area contributed by atoms with Crippen molar-refractivity contribution in [2.45, 2.75) is 38.5 Å². The van der Waals surface area contributed by atoms with Crippen molar-refractivity contribution in [1.82, 2.24) is 0 Å². The monoisotopic (exact) mass is 267 g/mol. The molecule has 0 radical (unpaired) electrons. The highest BCUT2D eigenvalue weighted by Crippen LogP contribution is 2.29. The summed E-state index contributed by atoms with van der Waals surface area (Å²) in [7, 11) is 0. The molecule has 0 aliphatic heterocycles. The molecule has 0 unspecified atom stereocenters. The molecule has 104 valence electrons. The summed E-state index contributed by atoms with van der Waals surface area (Å²) < 4.78 is 18.5. The van der Waals surface area contributed by atoms with Gasteiger partial charge in [-0.3, -0.25) is 10.1 Å². The van der Waals surface area contributed by atoms with Gasteiger partial charge in [-0.2, -0.15) is 0 Å². The van der Waals surface area contributed by atoms with Crippen LogP contribution in [0.1, 0.15) is 38.5 Å². The van der Waals surface area contributed by atoms with Gasteiger partial charge in [-0.15, -0.1) is 0 Å². The number of halogens is 1. The lowest BCUT2D eigenvalue weighted by Crippen LogP contribution is -2.11. The Labute approximate surface area is 111 Å². The van der Waals surface area contributed by atoms with E-state index in [1.807, 2.05) is 0 Å². The molecule has 0 saturated heterocycles. The molecule has 1 aromatic carbocycles. The first-order chi connectivity index (χ1) is 9.16. The van der Waals surface area contributed by atoms with Crippen LogP contribution >= 0.6 is 0 Å². The van der Waals surface area contributed by atoms with Crippen LogP contribution in [0, 0.1) is 21.8 Å². The number of nitrogens with zero attached hydrogens (tertiary/aromatic N) is 1. The van der Waals surface area contributed by atoms with E-state index >= 15 is 0 Å². The fraction of sp³-hybridized carbons (Fsp3) is 0.571. The second kappa shape index (κ2) is 6.50. The van der Waals surface area contributed by atoms with Crippen molar-refractivity contribution in [2.24, 2.45) is 5.92 Å². The first-order valence-corrected chi connectivity index (χ1v) is 6.73. The highest BCUT2D eigenvalue weighted by molar-refractivity contribution is 5.46. The molecule has 19 heavy (non-hydrogen) atoms. The molecule has 0 spiro atoms. The Balaban J connectivity index is 1.91. The third-order valence-corrected chi connectivity index (χ3v) is 3.63. The van der Waals surface area contributed by atoms with Gasteiger partial charge in [0.05, 0.1) is 11.5 Å². The van der Waals surface area contributed by atoms with Crippen LogP contribution in [-0.2, 0) is 0 Å². The van der Waals surface area contributed by atoms with Crippen LogP contribution in [0.25, 0.3) is 0 Å². The molecule has 1 aliphatic rings. The maximum Gasteiger partial charge on any atom is 0.311 e. The van der Waals surface area contributed by atoms with Crippen LogP contribution in [0.15, 0.2) is 18.2 Å². The molecule has 1 fully saturated rings. The predicted octanol–water partition coefficient (Wildman–Crippen LogP) is 4.08. The van der Waals surface area contributed by atoms with E-state index in [1.165, 1.54) is 32.1 Å². The van der Waals surface area contributed by atoms with Gasteiger partial charge >= 0.3 is 5.69 Å². The van der Waals surface area contributed by atoms with E-state index in [-0.39, 0.29) is 11.4 Å². The Bertz CT molecular complexity index is 444. The van der Waals surface area contributed by atoms with Gasteiger partial charge in [0.1, 0.15) is 5.82 Å². The second-order valence-corrected chi connectivity index (χ2v) is 5.01. The van der Waals surface area contributed by atoms with Gasteiger partial charge in [0, 0.05) is 12.1 Å². The van der Waals surface area contributed by atoms with Crippen molar-refractivity contribution >= 4 is 5.69 Å². The predicted molar refractivity (Wildman–Crippen MR) is 69.7 cm³/mol. The van der Waals surface area contributed by atoms with Crippen molar-refractivity contribution in [3.63, 3.8) is 0 Å². The fourth-order valence-electron chi connectivity index (χ4n) is 2.57. The lowest BCUT2D eigenvalue weighted by Gasteiger charge is -2.21. The minimum atomic E-state index is -0.546. The van der Waals surface area contributed by atoms with Gasteiger partial charge < -0.3 is 4.74 Å². The van der Waals surface area contributed by atoms with Gasteiger partial charge in [-0.1, -0.05) is 32.1 Å². The van der Waals surface area contributed by atoms with E-state index in [1.54, 1.807) is 0 Å². The summed E-state index contributed by atoms with van der Waals surface area (Å²) in [5.41, 5.74) is -0.176. The summed E-state index contributed by atoms with van der Waals surface area (Å²) in [6.07, 6.45) is 7.10. The molecular formula is C14H18FNO3. The zero-order valence-corrected chi connectivity index (χ0v) is 10.8. The van der Waals surface area contributed by atoms with E-state index in [2.05, 4.69) is 0 Å². The molecule has 0 aromatic heterocycles. The normalized spacial score (nSPS) is 16.3. The summed E-state index contributed by atoms with van der Waals surface area (Å²) in [5, 5.41) is 10.8. The molecule has 0 bridgehead atoms. The first-order valence-electron chi connectivity index (χ1n) is 6.73. The first kappa shape index (κ1) is 13.8. The van der Waals surface area contributed by atoms with Gasteiger partial charge in [0.2, 0.25) is 0 Å². The van der Waals surface area contributed by atoms with Gasteiger partial charge in [0.15, 0.2) is 5.75 Å². The topological polar surface area (TPSA) is 52.4 Å². The smallest absolute Gasteiger partial charge is 0.311 e. The molecule has 2 rings (SSSR count). The third-order valence-electron chi connectivity index (χ3n) is 3.63. The van der Waals surface area contributed by atoms with Crippen molar-refractivity contribution in [2.75, 3.05) is 6.61 Å². The van der Waals surface area contributed by atoms with E-state index in [9.17, 15) is 14.5 Å². The van der Waals surface area contributed by atoms with Crippen molar-refractivity contribution in [3.8, 4) is 5.75 Å². The summed E-state index contributed by atoms with van der Waals surface area (Å²) in [6.45, 7) is 0.412. The molecule has 0 atom stereocenters. The van der Waals surface area contributed by atoms with Crippen LogP contribution in [-0.4, -0.2) is 11.5 Å². The number of rotatable bonds is 5. The molecule has 0 heterocycles. The van der Waals surface area contributed by atoms with Crippen molar-refractivity contribution < 1.29 is 14.1 Å². The Morgan fingerprint density at radius 1 is 1.32 bits per heavy atom. The highest BCUT2D eigenvalue weighted by Gasteiger charge is 2.17. The van der Waals surface area contributed by atoms with E-state index in [0.29, 0.717) is 12.5 Å². The molecule has 0 N–H and O–H groups in total. The molecule has 0 amide bonds. The molecular weight excluding hydrogens is 249 g/mol. The third kappa shape index (κ3) is 3.91. The number of benzene rings is 1. The lowest BCUT2D eigenvalue weighted by molar-refractivity contribution is -0.385. The Hall–Kier alpha value is -1.65. The van der Waals surface area contributed by atoms with Gasteiger partial charge in [-0.25, -0.2) is 4.39 Å². The number of hydrogen-bond acceptors (Lipinski definition) is 3. The SMILES string of the molecule is O=[N+]([O-])c1ccc(F)cc1OCCC1CCCCC1. The molecule has 1 aromatic rings. The summed E-state index contributed by atoms with van der Waals surface area (Å²) in [4.78, 5) is 10.3. The number of nitro benzene ring substituents is 1. The number of nitro groups is 1. The molecule has 1 saturated carbocycles. The maximum absolute atomic E-state index is 13.1. The van der Waals surface area contributed by atoms with Gasteiger partial charge in [0.25, 0.3) is 0 Å². The van der Waals surface area contributed by atoms with Crippen molar-refractivity contribution in [3.05, 3.63) is 34.1 Å². The quantitative estimate of drug-likeness (QED) is 0.596. The highest BCUT2D eigenvalue weighted by atomic mass is 19.1. The molecule has 4 nitrogen and oxygen atoms in total. The Morgan fingerprint density at radius 3 is 2.74 bits per heavy atom. The standard InChI is InChI=1S/C14H18FNO3/c15-12-6-7-13(16(17)18)14(10-12)19-9-8-11-4-2-1-3-5-11/h6-7,10-11H,1-5,8-9H2. The van der Waals surface area contributed by atoms with E-state index in [4.69, 9.17) is 4.74 Å². The van der Waals surface area contributed by atoms with Crippen LogP contribution < -0.4 is 4.74 Å². The fourth-order valence-corrected chi connectivity index (χ4v) is 2.57. The van der Waals surface area contributed by atoms with E-state index in [0.717, 1.165) is 24.6 Å².